The highest BCUT2D eigenvalue weighted by atomic mass is 32.2. The summed E-state index contributed by atoms with van der Waals surface area (Å²) in [5.41, 5.74) is 5.50. The van der Waals surface area contributed by atoms with Crippen molar-refractivity contribution in [3.05, 3.63) is 17.0 Å². The Morgan fingerprint density at radius 3 is 2.50 bits per heavy atom. The highest BCUT2D eigenvalue weighted by Crippen LogP contribution is 2.31. The van der Waals surface area contributed by atoms with Crippen LogP contribution < -0.4 is 5.73 Å². The predicted molar refractivity (Wildman–Crippen MR) is 66.3 cm³/mol. The molecule has 16 heavy (non-hydrogen) atoms. The van der Waals surface area contributed by atoms with E-state index in [0.29, 0.717) is 10.8 Å². The maximum atomic E-state index is 12.3. The van der Waals surface area contributed by atoms with Crippen molar-refractivity contribution in [2.45, 2.75) is 48.1 Å². The van der Waals surface area contributed by atoms with Gasteiger partial charge in [0.05, 0.1) is 5.25 Å². The Kier molecular flexibility index (Phi) is 3.66. The van der Waals surface area contributed by atoms with Crippen molar-refractivity contribution < 1.29 is 8.42 Å². The van der Waals surface area contributed by atoms with E-state index >= 15 is 0 Å². The average molecular weight is 259 g/mol. The fourth-order valence-electron chi connectivity index (χ4n) is 2.16. The zero-order chi connectivity index (χ0) is 11.6. The van der Waals surface area contributed by atoms with Gasteiger partial charge in [0, 0.05) is 11.4 Å². The van der Waals surface area contributed by atoms with Crippen molar-refractivity contribution in [1.82, 2.24) is 0 Å². The zero-order valence-electron chi connectivity index (χ0n) is 9.19. The summed E-state index contributed by atoms with van der Waals surface area (Å²) in [5.74, 6) is 0. The Morgan fingerprint density at radius 2 is 1.94 bits per heavy atom. The SMILES string of the molecule is NCc1ccc(S(=O)(=O)C2CCCCC2)s1. The molecule has 0 radical (unpaired) electrons. The number of hydrogen-bond donors (Lipinski definition) is 1. The van der Waals surface area contributed by atoms with Crippen molar-refractivity contribution >= 4 is 21.2 Å². The second-order valence-electron chi connectivity index (χ2n) is 4.23. The fraction of sp³-hybridized carbons (Fsp3) is 0.636. The molecule has 3 nitrogen and oxygen atoms in total. The standard InChI is InChI=1S/C11H17NO2S2/c12-8-9-6-7-11(15-9)16(13,14)10-4-2-1-3-5-10/h6-7,10H,1-5,8,12H2. The van der Waals surface area contributed by atoms with Crippen LogP contribution in [0, 0.1) is 0 Å². The summed E-state index contributed by atoms with van der Waals surface area (Å²) in [6, 6.07) is 3.52. The Morgan fingerprint density at radius 1 is 1.25 bits per heavy atom. The van der Waals surface area contributed by atoms with Crippen LogP contribution in [0.25, 0.3) is 0 Å². The van der Waals surface area contributed by atoms with E-state index in [-0.39, 0.29) is 5.25 Å². The van der Waals surface area contributed by atoms with E-state index in [1.165, 1.54) is 17.8 Å². The summed E-state index contributed by atoms with van der Waals surface area (Å²) in [7, 11) is -3.09. The van der Waals surface area contributed by atoms with Gasteiger partial charge in [-0.3, -0.25) is 0 Å². The lowest BCUT2D eigenvalue weighted by molar-refractivity contribution is 0.484. The van der Waals surface area contributed by atoms with Crippen LogP contribution in [-0.2, 0) is 16.4 Å². The van der Waals surface area contributed by atoms with E-state index < -0.39 is 9.84 Å². The lowest BCUT2D eigenvalue weighted by Crippen LogP contribution is -2.23. The van der Waals surface area contributed by atoms with Gasteiger partial charge in [-0.25, -0.2) is 8.42 Å². The first-order valence-electron chi connectivity index (χ1n) is 5.67. The van der Waals surface area contributed by atoms with E-state index in [1.807, 2.05) is 6.07 Å². The van der Waals surface area contributed by atoms with E-state index in [2.05, 4.69) is 0 Å². The second kappa shape index (κ2) is 4.85. The van der Waals surface area contributed by atoms with E-state index in [1.54, 1.807) is 6.07 Å². The number of hydrogen-bond acceptors (Lipinski definition) is 4. The van der Waals surface area contributed by atoms with Gasteiger partial charge < -0.3 is 5.73 Å². The Labute approximate surface area is 101 Å². The molecule has 1 aromatic heterocycles. The third-order valence-electron chi connectivity index (χ3n) is 3.11. The van der Waals surface area contributed by atoms with Gasteiger partial charge in [-0.2, -0.15) is 0 Å². The Hall–Kier alpha value is -0.390. The van der Waals surface area contributed by atoms with E-state index in [9.17, 15) is 8.42 Å². The molecule has 1 saturated carbocycles. The molecule has 2 rings (SSSR count). The number of sulfone groups is 1. The molecule has 0 atom stereocenters. The monoisotopic (exact) mass is 259 g/mol. The zero-order valence-corrected chi connectivity index (χ0v) is 10.8. The van der Waals surface area contributed by atoms with Crippen LogP contribution in [0.1, 0.15) is 37.0 Å². The summed E-state index contributed by atoms with van der Waals surface area (Å²) in [5, 5.41) is -0.162. The molecule has 0 bridgehead atoms. The summed E-state index contributed by atoms with van der Waals surface area (Å²) >= 11 is 1.32. The molecular formula is C11H17NO2S2. The van der Waals surface area contributed by atoms with Crippen molar-refractivity contribution in [2.24, 2.45) is 5.73 Å². The lowest BCUT2D eigenvalue weighted by Gasteiger charge is -2.20. The van der Waals surface area contributed by atoms with Gasteiger partial charge in [0.2, 0.25) is 0 Å². The average Bonchev–Trinajstić information content (AvgIpc) is 2.79. The Bertz CT molecular complexity index is 444. The molecular weight excluding hydrogens is 242 g/mol. The minimum Gasteiger partial charge on any atom is -0.326 e. The van der Waals surface area contributed by atoms with Crippen molar-refractivity contribution in [3.8, 4) is 0 Å². The molecule has 0 aromatic carbocycles. The van der Waals surface area contributed by atoms with E-state index in [4.69, 9.17) is 5.73 Å². The molecule has 0 saturated heterocycles. The molecule has 2 N–H and O–H groups in total. The summed E-state index contributed by atoms with van der Waals surface area (Å²) in [6.45, 7) is 0.421. The first-order valence-corrected chi connectivity index (χ1v) is 8.03. The first kappa shape index (κ1) is 12.1. The van der Waals surface area contributed by atoms with Crippen molar-refractivity contribution in [1.29, 1.82) is 0 Å². The maximum absolute atomic E-state index is 12.3. The Balaban J connectivity index is 2.23. The van der Waals surface area contributed by atoms with Crippen LogP contribution in [0.5, 0.6) is 0 Å². The summed E-state index contributed by atoms with van der Waals surface area (Å²) in [6.07, 6.45) is 4.89. The molecule has 1 aliphatic rings. The third-order valence-corrected chi connectivity index (χ3v) is 7.00. The second-order valence-corrected chi connectivity index (χ2v) is 7.85. The first-order chi connectivity index (χ1) is 7.64. The van der Waals surface area contributed by atoms with E-state index in [0.717, 1.165) is 30.6 Å². The molecule has 90 valence electrons. The van der Waals surface area contributed by atoms with Crippen LogP contribution in [-0.4, -0.2) is 13.7 Å². The maximum Gasteiger partial charge on any atom is 0.190 e. The van der Waals surface area contributed by atoms with Crippen molar-refractivity contribution in [3.63, 3.8) is 0 Å². The van der Waals surface area contributed by atoms with Crippen molar-refractivity contribution in [2.75, 3.05) is 0 Å². The van der Waals surface area contributed by atoms with Crippen LogP contribution >= 0.6 is 11.3 Å². The molecule has 0 spiro atoms. The fourth-order valence-corrected chi connectivity index (χ4v) is 5.51. The van der Waals surface area contributed by atoms with Gasteiger partial charge in [0.1, 0.15) is 4.21 Å². The van der Waals surface area contributed by atoms with Gasteiger partial charge in [-0.05, 0) is 25.0 Å². The third kappa shape index (κ3) is 2.31. The topological polar surface area (TPSA) is 60.2 Å². The summed E-state index contributed by atoms with van der Waals surface area (Å²) in [4.78, 5) is 0.939. The van der Waals surface area contributed by atoms with Crippen LogP contribution in [0.3, 0.4) is 0 Å². The highest BCUT2D eigenvalue weighted by Gasteiger charge is 2.29. The number of nitrogens with two attached hydrogens (primary N) is 1. The lowest BCUT2D eigenvalue weighted by atomic mass is 10.0. The van der Waals surface area contributed by atoms with Gasteiger partial charge in [-0.1, -0.05) is 19.3 Å². The molecule has 1 aliphatic carbocycles. The molecule has 1 aromatic rings. The quantitative estimate of drug-likeness (QED) is 0.906. The largest absolute Gasteiger partial charge is 0.326 e. The number of rotatable bonds is 3. The molecule has 1 fully saturated rings. The normalized spacial score (nSPS) is 18.8. The van der Waals surface area contributed by atoms with Crippen LogP contribution in [0.4, 0.5) is 0 Å². The van der Waals surface area contributed by atoms with Gasteiger partial charge >= 0.3 is 0 Å². The predicted octanol–water partition coefficient (Wildman–Crippen LogP) is 2.31. The smallest absolute Gasteiger partial charge is 0.190 e. The molecule has 0 amide bonds. The van der Waals surface area contributed by atoms with Crippen LogP contribution in [0.15, 0.2) is 16.3 Å². The molecule has 5 heteroatoms. The highest BCUT2D eigenvalue weighted by molar-refractivity contribution is 7.94. The summed E-state index contributed by atoms with van der Waals surface area (Å²) < 4.78 is 25.1. The number of thiophene rings is 1. The van der Waals surface area contributed by atoms with Gasteiger partial charge in [0.15, 0.2) is 9.84 Å². The minimum absolute atomic E-state index is 0.162. The molecule has 0 unspecified atom stereocenters. The van der Waals surface area contributed by atoms with Gasteiger partial charge in [0.25, 0.3) is 0 Å². The molecule has 0 aliphatic heterocycles. The van der Waals surface area contributed by atoms with Gasteiger partial charge in [-0.15, -0.1) is 11.3 Å². The minimum atomic E-state index is -3.09. The van der Waals surface area contributed by atoms with Crippen LogP contribution in [0.2, 0.25) is 0 Å². The molecule has 1 heterocycles.